The molecule has 2 aromatic heterocycles. The highest BCUT2D eigenvalue weighted by atomic mass is 32.1. The van der Waals surface area contributed by atoms with Gasteiger partial charge in [0.05, 0.1) is 0 Å². The lowest BCUT2D eigenvalue weighted by atomic mass is 9.91. The standard InChI is InChI=1S/C57H37N3S/c1-6-18-38(19-7-1)47-36-50(40-22-10-3-11-23-40)53-51(37-47)52-48(32-33-49(54(52)61-53)39-20-8-2-9-21-39)45-30-16-28-43(34-45)44-29-17-31-46(35-44)57-59-55(41-24-12-4-13-25-41)58-56(60-57)42-26-14-5-15-27-42/h1-37H. The zero-order valence-corrected chi connectivity index (χ0v) is 33.9. The molecular weight excluding hydrogens is 759 g/mol. The highest BCUT2D eigenvalue weighted by Gasteiger charge is 2.20. The molecular formula is C57H37N3S. The van der Waals surface area contributed by atoms with E-state index in [4.69, 9.17) is 15.0 Å². The van der Waals surface area contributed by atoms with Crippen molar-refractivity contribution < 1.29 is 0 Å². The maximum atomic E-state index is 5.03. The van der Waals surface area contributed by atoms with Crippen molar-refractivity contribution in [2.24, 2.45) is 0 Å². The van der Waals surface area contributed by atoms with Gasteiger partial charge in [0.2, 0.25) is 0 Å². The number of aromatic nitrogens is 3. The summed E-state index contributed by atoms with van der Waals surface area (Å²) in [5, 5.41) is 2.54. The molecule has 286 valence electrons. The Hall–Kier alpha value is -7.79. The third kappa shape index (κ3) is 6.99. The Kier molecular flexibility index (Phi) is 9.38. The lowest BCUT2D eigenvalue weighted by Gasteiger charge is -2.13. The molecule has 0 aliphatic rings. The highest BCUT2D eigenvalue weighted by Crippen LogP contribution is 2.49. The molecule has 11 aromatic rings. The fourth-order valence-corrected chi connectivity index (χ4v) is 9.72. The van der Waals surface area contributed by atoms with Crippen LogP contribution in [-0.2, 0) is 0 Å². The Labute approximate surface area is 359 Å². The predicted molar refractivity (Wildman–Crippen MR) is 256 cm³/mol. The third-order valence-electron chi connectivity index (χ3n) is 11.3. The molecule has 0 aliphatic carbocycles. The van der Waals surface area contributed by atoms with E-state index in [0.717, 1.165) is 33.4 Å². The van der Waals surface area contributed by atoms with Crippen LogP contribution in [-0.4, -0.2) is 15.0 Å². The first-order valence-electron chi connectivity index (χ1n) is 20.5. The van der Waals surface area contributed by atoms with Gasteiger partial charge >= 0.3 is 0 Å². The number of hydrogen-bond acceptors (Lipinski definition) is 4. The summed E-state index contributed by atoms with van der Waals surface area (Å²) in [7, 11) is 0. The molecule has 0 unspecified atom stereocenters. The van der Waals surface area contributed by atoms with Gasteiger partial charge in [-0.15, -0.1) is 11.3 Å². The van der Waals surface area contributed by atoms with Crippen molar-refractivity contribution in [3.63, 3.8) is 0 Å². The molecule has 4 heteroatoms. The molecule has 2 heterocycles. The van der Waals surface area contributed by atoms with Crippen molar-refractivity contribution in [2.75, 3.05) is 0 Å². The summed E-state index contributed by atoms with van der Waals surface area (Å²) in [4.78, 5) is 15.0. The topological polar surface area (TPSA) is 38.7 Å². The van der Waals surface area contributed by atoms with Crippen molar-refractivity contribution in [3.05, 3.63) is 224 Å². The quantitative estimate of drug-likeness (QED) is 0.154. The largest absolute Gasteiger partial charge is 0.208 e. The zero-order valence-electron chi connectivity index (χ0n) is 33.1. The number of nitrogens with zero attached hydrogens (tertiary/aromatic N) is 3. The van der Waals surface area contributed by atoms with Gasteiger partial charge in [-0.25, -0.2) is 15.0 Å². The first-order valence-corrected chi connectivity index (χ1v) is 21.3. The maximum Gasteiger partial charge on any atom is 0.164 e. The van der Waals surface area contributed by atoms with Crippen LogP contribution >= 0.6 is 11.3 Å². The number of rotatable bonds is 8. The summed E-state index contributed by atoms with van der Waals surface area (Å²) in [6, 6.07) is 79.5. The van der Waals surface area contributed by atoms with Crippen LogP contribution in [0, 0.1) is 0 Å². The van der Waals surface area contributed by atoms with Crippen molar-refractivity contribution in [3.8, 4) is 89.8 Å². The second kappa shape index (κ2) is 15.8. The van der Waals surface area contributed by atoms with E-state index < -0.39 is 0 Å². The summed E-state index contributed by atoms with van der Waals surface area (Å²) in [5.41, 5.74) is 14.7. The second-order valence-corrected chi connectivity index (χ2v) is 16.2. The number of hydrogen-bond donors (Lipinski definition) is 0. The van der Waals surface area contributed by atoms with E-state index >= 15 is 0 Å². The molecule has 11 rings (SSSR count). The minimum atomic E-state index is 0.636. The third-order valence-corrected chi connectivity index (χ3v) is 12.6. The molecule has 0 bridgehead atoms. The van der Waals surface area contributed by atoms with Gasteiger partial charge in [0.15, 0.2) is 17.5 Å². The Bertz CT molecular complexity index is 3270. The van der Waals surface area contributed by atoms with Gasteiger partial charge in [-0.2, -0.15) is 0 Å². The van der Waals surface area contributed by atoms with E-state index in [0.29, 0.717) is 17.5 Å². The lowest BCUT2D eigenvalue weighted by Crippen LogP contribution is -2.00. The smallest absolute Gasteiger partial charge is 0.164 e. The fraction of sp³-hybridized carbons (Fsp3) is 0. The molecule has 0 aliphatic heterocycles. The van der Waals surface area contributed by atoms with Gasteiger partial charge in [0.25, 0.3) is 0 Å². The monoisotopic (exact) mass is 795 g/mol. The van der Waals surface area contributed by atoms with Crippen LogP contribution in [0.1, 0.15) is 0 Å². The molecule has 0 fully saturated rings. The van der Waals surface area contributed by atoms with Crippen LogP contribution in [0.25, 0.3) is 110 Å². The van der Waals surface area contributed by atoms with E-state index in [-0.39, 0.29) is 0 Å². The summed E-state index contributed by atoms with van der Waals surface area (Å²) in [6.45, 7) is 0. The first kappa shape index (κ1) is 36.3. The normalized spacial score (nSPS) is 11.3. The van der Waals surface area contributed by atoms with Crippen molar-refractivity contribution in [1.29, 1.82) is 0 Å². The SMILES string of the molecule is c1ccc(-c2cc(-c3ccccc3)c3sc4c(-c5ccccc5)ccc(-c5cccc(-c6cccc(-c7nc(-c8ccccc8)nc(-c8ccccc8)n7)c6)c5)c4c3c2)cc1. The maximum absolute atomic E-state index is 5.03. The van der Waals surface area contributed by atoms with Crippen LogP contribution in [0.15, 0.2) is 224 Å². The molecule has 9 aromatic carbocycles. The van der Waals surface area contributed by atoms with Crippen molar-refractivity contribution >= 4 is 31.5 Å². The van der Waals surface area contributed by atoms with Crippen LogP contribution in [0.3, 0.4) is 0 Å². The molecule has 0 saturated carbocycles. The Morgan fingerprint density at radius 2 is 0.656 bits per heavy atom. The minimum Gasteiger partial charge on any atom is -0.208 e. The Morgan fingerprint density at radius 1 is 0.246 bits per heavy atom. The first-order chi connectivity index (χ1) is 30.2. The van der Waals surface area contributed by atoms with E-state index in [9.17, 15) is 0 Å². The predicted octanol–water partition coefficient (Wildman–Crippen LogP) is 15.6. The van der Waals surface area contributed by atoms with Gasteiger partial charge in [-0.3, -0.25) is 0 Å². The summed E-state index contributed by atoms with van der Waals surface area (Å²) in [6.07, 6.45) is 0. The molecule has 0 amide bonds. The lowest BCUT2D eigenvalue weighted by molar-refractivity contribution is 1.07. The van der Waals surface area contributed by atoms with E-state index in [1.807, 2.05) is 72.0 Å². The van der Waals surface area contributed by atoms with Gasteiger partial charge in [0.1, 0.15) is 0 Å². The number of benzene rings is 9. The highest BCUT2D eigenvalue weighted by molar-refractivity contribution is 7.27. The van der Waals surface area contributed by atoms with Crippen molar-refractivity contribution in [1.82, 2.24) is 15.0 Å². The van der Waals surface area contributed by atoms with Gasteiger partial charge in [-0.05, 0) is 74.3 Å². The Morgan fingerprint density at radius 3 is 1.21 bits per heavy atom. The van der Waals surface area contributed by atoms with Gasteiger partial charge in [0, 0.05) is 42.4 Å². The molecule has 0 saturated heterocycles. The van der Waals surface area contributed by atoms with E-state index in [1.165, 1.54) is 59.1 Å². The molecule has 0 spiro atoms. The van der Waals surface area contributed by atoms with Gasteiger partial charge in [-0.1, -0.05) is 200 Å². The van der Waals surface area contributed by atoms with Crippen LogP contribution < -0.4 is 0 Å². The summed E-state index contributed by atoms with van der Waals surface area (Å²) in [5.74, 6) is 1.93. The van der Waals surface area contributed by atoms with Crippen LogP contribution in [0.5, 0.6) is 0 Å². The zero-order chi connectivity index (χ0) is 40.5. The number of thiophene rings is 1. The Balaban J connectivity index is 1.09. The molecule has 0 N–H and O–H groups in total. The van der Waals surface area contributed by atoms with E-state index in [2.05, 4.69) is 164 Å². The fourth-order valence-electron chi connectivity index (χ4n) is 8.34. The summed E-state index contributed by atoms with van der Waals surface area (Å²) < 4.78 is 2.57. The van der Waals surface area contributed by atoms with Gasteiger partial charge < -0.3 is 0 Å². The van der Waals surface area contributed by atoms with Crippen molar-refractivity contribution in [2.45, 2.75) is 0 Å². The molecule has 0 radical (unpaired) electrons. The molecule has 61 heavy (non-hydrogen) atoms. The minimum absolute atomic E-state index is 0.636. The van der Waals surface area contributed by atoms with Crippen LogP contribution in [0.4, 0.5) is 0 Å². The average Bonchev–Trinajstić information content (AvgIpc) is 3.74. The second-order valence-electron chi connectivity index (χ2n) is 15.2. The number of fused-ring (bicyclic) bond motifs is 3. The summed E-state index contributed by atoms with van der Waals surface area (Å²) >= 11 is 1.90. The molecule has 3 nitrogen and oxygen atoms in total. The van der Waals surface area contributed by atoms with Crippen LogP contribution in [0.2, 0.25) is 0 Å². The average molecular weight is 796 g/mol. The van der Waals surface area contributed by atoms with E-state index in [1.54, 1.807) is 0 Å². The molecule has 0 atom stereocenters.